The van der Waals surface area contributed by atoms with Gasteiger partial charge < -0.3 is 10.6 Å². The Morgan fingerprint density at radius 2 is 2.38 bits per heavy atom. The third-order valence-corrected chi connectivity index (χ3v) is 3.82. The first kappa shape index (κ1) is 11.5. The molecule has 0 aliphatic carbocycles. The Kier molecular flexibility index (Phi) is 3.56. The summed E-state index contributed by atoms with van der Waals surface area (Å²) in [6.07, 6.45) is 3.02. The van der Waals surface area contributed by atoms with Crippen LogP contribution in [-0.2, 0) is 0 Å². The molecule has 1 fully saturated rings. The number of thiophene rings is 1. The van der Waals surface area contributed by atoms with Crippen molar-refractivity contribution in [1.82, 2.24) is 4.90 Å². The zero-order valence-electron chi connectivity index (χ0n) is 8.89. The lowest BCUT2D eigenvalue weighted by molar-refractivity contribution is 0.0682. The normalized spacial score (nSPS) is 20.8. The highest BCUT2D eigenvalue weighted by Gasteiger charge is 2.29. The van der Waals surface area contributed by atoms with Gasteiger partial charge in [0.2, 0.25) is 0 Å². The van der Waals surface area contributed by atoms with Crippen LogP contribution in [0.2, 0.25) is 0 Å². The summed E-state index contributed by atoms with van der Waals surface area (Å²) in [6, 6.07) is 1.79. The molecule has 3 nitrogen and oxygen atoms in total. The molecule has 1 amide bonds. The van der Waals surface area contributed by atoms with E-state index in [4.69, 9.17) is 18.0 Å². The van der Waals surface area contributed by atoms with Crippen LogP contribution in [0.3, 0.4) is 0 Å². The van der Waals surface area contributed by atoms with Crippen LogP contribution in [0.4, 0.5) is 0 Å². The van der Waals surface area contributed by atoms with Gasteiger partial charge in [-0.15, -0.1) is 0 Å². The molecule has 2 rings (SSSR count). The average molecular weight is 254 g/mol. The van der Waals surface area contributed by atoms with E-state index in [1.165, 1.54) is 11.3 Å². The van der Waals surface area contributed by atoms with E-state index in [1.54, 1.807) is 0 Å². The van der Waals surface area contributed by atoms with Crippen LogP contribution in [0.15, 0.2) is 16.8 Å². The molecule has 1 aliphatic rings. The number of amides is 1. The number of likely N-dealkylation sites (tertiary alicyclic amines) is 1. The number of nitrogens with zero attached hydrogens (tertiary/aromatic N) is 1. The first-order valence-electron chi connectivity index (χ1n) is 5.32. The van der Waals surface area contributed by atoms with Gasteiger partial charge in [0.05, 0.1) is 16.6 Å². The minimum absolute atomic E-state index is 0.0544. The van der Waals surface area contributed by atoms with Gasteiger partial charge in [0, 0.05) is 11.9 Å². The maximum atomic E-state index is 12.2. The minimum atomic E-state index is -0.0591. The minimum Gasteiger partial charge on any atom is -0.392 e. The van der Waals surface area contributed by atoms with Crippen molar-refractivity contribution < 1.29 is 4.79 Å². The maximum Gasteiger partial charge on any atom is 0.255 e. The molecule has 1 aliphatic heterocycles. The fourth-order valence-corrected chi connectivity index (χ4v) is 2.90. The number of carbonyl (C=O) groups is 1. The molecular weight excluding hydrogens is 240 g/mol. The van der Waals surface area contributed by atoms with Crippen LogP contribution in [0.25, 0.3) is 0 Å². The Morgan fingerprint density at radius 1 is 1.56 bits per heavy atom. The summed E-state index contributed by atoms with van der Waals surface area (Å²) in [5.74, 6) is 0.0544. The van der Waals surface area contributed by atoms with E-state index < -0.39 is 0 Å². The molecule has 16 heavy (non-hydrogen) atoms. The van der Waals surface area contributed by atoms with Crippen LogP contribution in [0, 0.1) is 0 Å². The molecule has 1 unspecified atom stereocenters. The van der Waals surface area contributed by atoms with Crippen molar-refractivity contribution >= 4 is 34.5 Å². The fraction of sp³-hybridized carbons (Fsp3) is 0.455. The largest absolute Gasteiger partial charge is 0.392 e. The maximum absolute atomic E-state index is 12.2. The summed E-state index contributed by atoms with van der Waals surface area (Å²) >= 11 is 6.56. The molecule has 0 spiro atoms. The lowest BCUT2D eigenvalue weighted by atomic mass is 10.0. The van der Waals surface area contributed by atoms with Gasteiger partial charge in [-0.25, -0.2) is 0 Å². The molecule has 2 N–H and O–H groups in total. The second kappa shape index (κ2) is 4.93. The molecule has 86 valence electrons. The van der Waals surface area contributed by atoms with E-state index in [9.17, 15) is 4.79 Å². The van der Waals surface area contributed by atoms with Gasteiger partial charge in [-0.2, -0.15) is 11.3 Å². The average Bonchev–Trinajstić information content (AvgIpc) is 2.81. The van der Waals surface area contributed by atoms with Gasteiger partial charge in [0.25, 0.3) is 5.91 Å². The Hall–Kier alpha value is -0.940. The molecule has 0 radical (unpaired) electrons. The standard InChI is InChI=1S/C11H14N2OS2/c12-10(15)9-3-1-2-5-13(9)11(14)8-4-6-16-7-8/h4,6-7,9H,1-3,5H2,(H2,12,15). The summed E-state index contributed by atoms with van der Waals surface area (Å²) in [5.41, 5.74) is 6.43. The second-order valence-electron chi connectivity index (χ2n) is 3.92. The zero-order valence-corrected chi connectivity index (χ0v) is 10.5. The number of thiocarbonyl (C=S) groups is 1. The van der Waals surface area contributed by atoms with E-state index >= 15 is 0 Å². The lowest BCUT2D eigenvalue weighted by Gasteiger charge is -2.34. The van der Waals surface area contributed by atoms with Gasteiger partial charge in [-0.05, 0) is 30.7 Å². The van der Waals surface area contributed by atoms with Gasteiger partial charge in [0.1, 0.15) is 0 Å². The number of carbonyl (C=O) groups excluding carboxylic acids is 1. The Bertz CT molecular complexity index is 389. The smallest absolute Gasteiger partial charge is 0.255 e. The van der Waals surface area contributed by atoms with Crippen molar-refractivity contribution in [3.8, 4) is 0 Å². The zero-order chi connectivity index (χ0) is 11.5. The van der Waals surface area contributed by atoms with Crippen molar-refractivity contribution in [1.29, 1.82) is 0 Å². The van der Waals surface area contributed by atoms with Crippen LogP contribution in [0.5, 0.6) is 0 Å². The Balaban J connectivity index is 2.17. The Labute approximate surface area is 104 Å². The van der Waals surface area contributed by atoms with Gasteiger partial charge >= 0.3 is 0 Å². The fourth-order valence-electron chi connectivity index (χ4n) is 2.02. The predicted octanol–water partition coefficient (Wildman–Crippen LogP) is 2.03. The molecular formula is C11H14N2OS2. The highest BCUT2D eigenvalue weighted by atomic mass is 32.1. The molecule has 0 bridgehead atoms. The van der Waals surface area contributed by atoms with Crippen molar-refractivity contribution in [2.75, 3.05) is 6.54 Å². The first-order valence-corrected chi connectivity index (χ1v) is 6.68. The van der Waals surface area contributed by atoms with E-state index in [1.807, 2.05) is 21.7 Å². The van der Waals surface area contributed by atoms with Crippen LogP contribution >= 0.6 is 23.6 Å². The molecule has 1 saturated heterocycles. The number of hydrogen-bond donors (Lipinski definition) is 1. The summed E-state index contributed by atoms with van der Waals surface area (Å²) in [4.78, 5) is 14.4. The van der Waals surface area contributed by atoms with Crippen molar-refractivity contribution in [3.05, 3.63) is 22.4 Å². The van der Waals surface area contributed by atoms with Gasteiger partial charge in [-0.3, -0.25) is 4.79 Å². The summed E-state index contributed by atoms with van der Waals surface area (Å²) < 4.78 is 0. The van der Waals surface area contributed by atoms with Crippen molar-refractivity contribution in [3.63, 3.8) is 0 Å². The van der Waals surface area contributed by atoms with Crippen LogP contribution in [0.1, 0.15) is 29.6 Å². The van der Waals surface area contributed by atoms with E-state index in [0.29, 0.717) is 4.99 Å². The number of hydrogen-bond acceptors (Lipinski definition) is 3. The lowest BCUT2D eigenvalue weighted by Crippen LogP contribution is -2.49. The predicted molar refractivity (Wildman–Crippen MR) is 69.8 cm³/mol. The number of piperidine rings is 1. The summed E-state index contributed by atoms with van der Waals surface area (Å²) in [5, 5.41) is 3.78. The molecule has 1 aromatic heterocycles. The molecule has 1 aromatic rings. The molecule has 2 heterocycles. The number of nitrogens with two attached hydrogens (primary N) is 1. The highest BCUT2D eigenvalue weighted by Crippen LogP contribution is 2.20. The van der Waals surface area contributed by atoms with E-state index in [-0.39, 0.29) is 11.9 Å². The monoisotopic (exact) mass is 254 g/mol. The van der Waals surface area contributed by atoms with Crippen LogP contribution in [-0.4, -0.2) is 28.4 Å². The molecule has 5 heteroatoms. The van der Waals surface area contributed by atoms with Gasteiger partial charge in [0.15, 0.2) is 0 Å². The summed E-state index contributed by atoms with van der Waals surface area (Å²) in [6.45, 7) is 0.761. The SMILES string of the molecule is NC(=S)C1CCCCN1C(=O)c1ccsc1. The topological polar surface area (TPSA) is 46.3 Å². The summed E-state index contributed by atoms with van der Waals surface area (Å²) in [7, 11) is 0. The quantitative estimate of drug-likeness (QED) is 0.821. The van der Waals surface area contributed by atoms with Crippen LogP contribution < -0.4 is 5.73 Å². The van der Waals surface area contributed by atoms with E-state index in [0.717, 1.165) is 31.4 Å². The third kappa shape index (κ3) is 2.25. The second-order valence-corrected chi connectivity index (χ2v) is 5.18. The Morgan fingerprint density at radius 3 is 3.00 bits per heavy atom. The molecule has 1 atom stereocenters. The van der Waals surface area contributed by atoms with Crippen molar-refractivity contribution in [2.45, 2.75) is 25.3 Å². The molecule has 0 saturated carbocycles. The van der Waals surface area contributed by atoms with E-state index in [2.05, 4.69) is 0 Å². The van der Waals surface area contributed by atoms with Crippen molar-refractivity contribution in [2.24, 2.45) is 5.73 Å². The molecule has 0 aromatic carbocycles. The van der Waals surface area contributed by atoms with Gasteiger partial charge in [-0.1, -0.05) is 12.2 Å². The highest BCUT2D eigenvalue weighted by molar-refractivity contribution is 7.80. The third-order valence-electron chi connectivity index (χ3n) is 2.86. The number of rotatable bonds is 2. The first-order chi connectivity index (χ1) is 7.70.